The highest BCUT2D eigenvalue weighted by atomic mass is 32.7. The third kappa shape index (κ3) is 4.43. The van der Waals surface area contributed by atoms with Crippen molar-refractivity contribution in [1.29, 1.82) is 0 Å². The molecule has 7 nitrogen and oxygen atoms in total. The summed E-state index contributed by atoms with van der Waals surface area (Å²) in [5, 5.41) is 11.2. The van der Waals surface area contributed by atoms with Gasteiger partial charge in [-0.25, -0.2) is 4.57 Å². The van der Waals surface area contributed by atoms with Crippen molar-refractivity contribution in [2.45, 2.75) is 46.1 Å². The maximum absolute atomic E-state index is 12.9. The van der Waals surface area contributed by atoms with E-state index in [1.54, 1.807) is 6.92 Å². The second-order valence-corrected chi connectivity index (χ2v) is 10.1. The summed E-state index contributed by atoms with van der Waals surface area (Å²) in [6, 6.07) is 2.72. The molecule has 1 aromatic carbocycles. The number of hydrogen-bond donors (Lipinski definition) is 0. The fraction of sp³-hybridized carbons (Fsp3) is 0.600. The van der Waals surface area contributed by atoms with E-state index in [2.05, 4.69) is 0 Å². The predicted octanol–water partition coefficient (Wildman–Crippen LogP) is 4.97. The minimum absolute atomic E-state index is 0.102. The second-order valence-electron chi connectivity index (χ2n) is 6.02. The molecule has 0 saturated heterocycles. The van der Waals surface area contributed by atoms with Crippen LogP contribution in [-0.2, 0) is 15.5 Å². The van der Waals surface area contributed by atoms with E-state index in [1.165, 1.54) is 12.1 Å². The largest absolute Gasteiger partial charge is 0.483 e. The van der Waals surface area contributed by atoms with Crippen LogP contribution in [0, 0.1) is 10.1 Å². The van der Waals surface area contributed by atoms with Gasteiger partial charge in [0, 0.05) is 23.8 Å². The number of benzene rings is 1. The molecule has 134 valence electrons. The maximum atomic E-state index is 12.9. The smallest absolute Gasteiger partial charge is 0.440 e. The average molecular weight is 375 g/mol. The first-order valence-corrected chi connectivity index (χ1v) is 10.9. The molecule has 0 spiro atoms. The standard InChI is InChI=1S/C15H22NO6PS/c1-5-7-24-23(19,20-6-2)22-13-9-12(16(17)18)8-11-10-15(3,4)21-14(11)13/h8-9H,5-7,10H2,1-4H3. The highest BCUT2D eigenvalue weighted by molar-refractivity contribution is 8.55. The molecule has 0 fully saturated rings. The fourth-order valence-electron chi connectivity index (χ4n) is 2.41. The highest BCUT2D eigenvalue weighted by Crippen LogP contribution is 2.62. The molecule has 0 amide bonds. The van der Waals surface area contributed by atoms with Gasteiger partial charge in [0.15, 0.2) is 11.5 Å². The Morgan fingerprint density at radius 1 is 1.42 bits per heavy atom. The van der Waals surface area contributed by atoms with Crippen molar-refractivity contribution in [1.82, 2.24) is 0 Å². The van der Waals surface area contributed by atoms with E-state index in [9.17, 15) is 14.7 Å². The fourth-order valence-corrected chi connectivity index (χ4v) is 5.84. The average Bonchev–Trinajstić information content (AvgIpc) is 2.79. The first kappa shape index (κ1) is 19.1. The Morgan fingerprint density at radius 2 is 2.12 bits per heavy atom. The van der Waals surface area contributed by atoms with E-state index < -0.39 is 17.3 Å². The van der Waals surface area contributed by atoms with Gasteiger partial charge in [0.25, 0.3) is 5.69 Å². The lowest BCUT2D eigenvalue weighted by Crippen LogP contribution is -2.24. The van der Waals surface area contributed by atoms with Crippen molar-refractivity contribution in [3.63, 3.8) is 0 Å². The van der Waals surface area contributed by atoms with E-state index in [4.69, 9.17) is 13.8 Å². The number of non-ortho nitro benzene ring substituents is 1. The predicted molar refractivity (Wildman–Crippen MR) is 94.1 cm³/mol. The number of ether oxygens (including phenoxy) is 1. The van der Waals surface area contributed by atoms with Gasteiger partial charge in [-0.3, -0.25) is 14.6 Å². The van der Waals surface area contributed by atoms with Gasteiger partial charge in [-0.15, -0.1) is 0 Å². The lowest BCUT2D eigenvalue weighted by Gasteiger charge is -2.21. The number of nitrogens with zero attached hydrogens (tertiary/aromatic N) is 1. The quantitative estimate of drug-likeness (QED) is 0.360. The van der Waals surface area contributed by atoms with Crippen molar-refractivity contribution in [3.05, 3.63) is 27.8 Å². The maximum Gasteiger partial charge on any atom is 0.440 e. The molecule has 1 unspecified atom stereocenters. The SMILES string of the molecule is CCCSP(=O)(OCC)Oc1cc([N+](=O)[O-])cc2c1OC(C)(C)C2. The molecule has 0 radical (unpaired) electrons. The first-order valence-electron chi connectivity index (χ1n) is 7.78. The summed E-state index contributed by atoms with van der Waals surface area (Å²) in [6.45, 7) is 4.20. The van der Waals surface area contributed by atoms with Crippen LogP contribution in [0.5, 0.6) is 11.5 Å². The summed E-state index contributed by atoms with van der Waals surface area (Å²) < 4.78 is 29.7. The van der Waals surface area contributed by atoms with Crippen molar-refractivity contribution in [2.24, 2.45) is 0 Å². The van der Waals surface area contributed by atoms with Gasteiger partial charge >= 0.3 is 6.80 Å². The van der Waals surface area contributed by atoms with Crippen molar-refractivity contribution in [3.8, 4) is 11.5 Å². The van der Waals surface area contributed by atoms with Crippen LogP contribution < -0.4 is 9.26 Å². The molecule has 1 aliphatic heterocycles. The molecule has 1 aromatic rings. The third-order valence-electron chi connectivity index (χ3n) is 3.27. The molecule has 0 aromatic heterocycles. The van der Waals surface area contributed by atoms with Crippen LogP contribution >= 0.6 is 18.2 Å². The van der Waals surface area contributed by atoms with E-state index in [-0.39, 0.29) is 18.0 Å². The molecule has 0 bridgehead atoms. The summed E-state index contributed by atoms with van der Waals surface area (Å²) in [7, 11) is 0. The Morgan fingerprint density at radius 3 is 2.71 bits per heavy atom. The van der Waals surface area contributed by atoms with Gasteiger partial charge in [-0.2, -0.15) is 0 Å². The molecule has 0 aliphatic carbocycles. The monoisotopic (exact) mass is 375 g/mol. The van der Waals surface area contributed by atoms with E-state index in [0.717, 1.165) is 17.8 Å². The molecule has 9 heteroatoms. The van der Waals surface area contributed by atoms with Gasteiger partial charge in [0.2, 0.25) is 0 Å². The van der Waals surface area contributed by atoms with Crippen LogP contribution in [0.15, 0.2) is 12.1 Å². The summed E-state index contributed by atoms with van der Waals surface area (Å²) >= 11 is 1.09. The molecule has 1 aliphatic rings. The normalized spacial score (nSPS) is 17.7. The van der Waals surface area contributed by atoms with E-state index in [1.807, 2.05) is 20.8 Å². The van der Waals surface area contributed by atoms with Crippen LogP contribution in [0.25, 0.3) is 0 Å². The molecule has 2 rings (SSSR count). The zero-order chi connectivity index (χ0) is 18.0. The Kier molecular flexibility index (Phi) is 5.83. The van der Waals surface area contributed by atoms with Crippen molar-refractivity contribution < 1.29 is 23.3 Å². The Balaban J connectivity index is 2.42. The van der Waals surface area contributed by atoms with Gasteiger partial charge < -0.3 is 9.26 Å². The molecule has 1 atom stereocenters. The van der Waals surface area contributed by atoms with Crippen LogP contribution in [0.2, 0.25) is 0 Å². The van der Waals surface area contributed by atoms with Gasteiger partial charge in [-0.05, 0) is 38.6 Å². The first-order chi connectivity index (χ1) is 11.2. The van der Waals surface area contributed by atoms with E-state index >= 15 is 0 Å². The zero-order valence-corrected chi connectivity index (χ0v) is 15.9. The van der Waals surface area contributed by atoms with E-state index in [0.29, 0.717) is 23.5 Å². The topological polar surface area (TPSA) is 87.9 Å². The zero-order valence-electron chi connectivity index (χ0n) is 14.2. The Labute approximate surface area is 145 Å². The van der Waals surface area contributed by atoms with Gasteiger partial charge in [-0.1, -0.05) is 6.92 Å². The van der Waals surface area contributed by atoms with Gasteiger partial charge in [0.05, 0.1) is 17.6 Å². The lowest BCUT2D eigenvalue weighted by molar-refractivity contribution is -0.385. The molecule has 24 heavy (non-hydrogen) atoms. The highest BCUT2D eigenvalue weighted by Gasteiger charge is 2.37. The van der Waals surface area contributed by atoms with Crippen LogP contribution in [0.4, 0.5) is 5.69 Å². The molecular weight excluding hydrogens is 353 g/mol. The van der Waals surface area contributed by atoms with Crippen molar-refractivity contribution in [2.75, 3.05) is 12.4 Å². The molecule has 0 saturated carbocycles. The summed E-state index contributed by atoms with van der Waals surface area (Å²) in [4.78, 5) is 10.7. The lowest BCUT2D eigenvalue weighted by atomic mass is 10.0. The Bertz CT molecular complexity index is 678. The summed E-state index contributed by atoms with van der Waals surface area (Å²) in [5.74, 6) is 1.11. The van der Waals surface area contributed by atoms with Gasteiger partial charge in [0.1, 0.15) is 5.60 Å². The summed E-state index contributed by atoms with van der Waals surface area (Å²) in [5.41, 5.74) is 0.0586. The number of nitro benzene ring substituents is 1. The molecule has 1 heterocycles. The number of rotatable bonds is 8. The second kappa shape index (κ2) is 7.33. The number of fused-ring (bicyclic) bond motifs is 1. The number of nitro groups is 1. The molecular formula is C15H22NO6PS. The third-order valence-corrected chi connectivity index (χ3v) is 7.21. The van der Waals surface area contributed by atoms with Crippen LogP contribution in [0.3, 0.4) is 0 Å². The molecule has 0 N–H and O–H groups in total. The van der Waals surface area contributed by atoms with Crippen molar-refractivity contribution >= 4 is 23.9 Å². The summed E-state index contributed by atoms with van der Waals surface area (Å²) in [6.07, 6.45) is 1.32. The number of hydrogen-bond acceptors (Lipinski definition) is 7. The minimum atomic E-state index is -3.47. The Hall–Kier alpha value is -1.24. The minimum Gasteiger partial charge on any atom is -0.483 e. The van der Waals surface area contributed by atoms with Crippen LogP contribution in [0.1, 0.15) is 39.7 Å². The van der Waals surface area contributed by atoms with Crippen LogP contribution in [-0.4, -0.2) is 22.9 Å².